The first-order valence-electron chi connectivity index (χ1n) is 11.7. The fourth-order valence-corrected chi connectivity index (χ4v) is 4.43. The smallest absolute Gasteiger partial charge is 0.225 e. The molecular formula is C25H32N6O2. The van der Waals surface area contributed by atoms with Gasteiger partial charge in [0.2, 0.25) is 11.8 Å². The lowest BCUT2D eigenvalue weighted by Crippen LogP contribution is -2.35. The summed E-state index contributed by atoms with van der Waals surface area (Å²) in [6, 6.07) is 14.1. The number of nitrogens with two attached hydrogens (primary N) is 1. The lowest BCUT2D eigenvalue weighted by atomic mass is 10.0. The minimum atomic E-state index is -0.277. The van der Waals surface area contributed by atoms with E-state index in [1.54, 1.807) is 0 Å². The molecule has 1 aliphatic heterocycles. The van der Waals surface area contributed by atoms with E-state index < -0.39 is 0 Å². The summed E-state index contributed by atoms with van der Waals surface area (Å²) in [7, 11) is 2.04. The normalized spacial score (nSPS) is 17.3. The molecule has 2 aromatic carbocycles. The number of nitrogens with one attached hydrogen (secondary N) is 2. The van der Waals surface area contributed by atoms with Crippen LogP contribution in [0.3, 0.4) is 0 Å². The third kappa shape index (κ3) is 5.96. The quantitative estimate of drug-likeness (QED) is 0.412. The highest BCUT2D eigenvalue weighted by Crippen LogP contribution is 2.25. The van der Waals surface area contributed by atoms with Gasteiger partial charge in [-0.1, -0.05) is 49.2 Å². The van der Waals surface area contributed by atoms with Gasteiger partial charge in [-0.2, -0.15) is 5.10 Å². The van der Waals surface area contributed by atoms with Crippen LogP contribution in [0.5, 0.6) is 0 Å². The van der Waals surface area contributed by atoms with Crippen LogP contribution in [0.4, 0.5) is 0 Å². The minimum absolute atomic E-state index is 0.00441. The third-order valence-corrected chi connectivity index (χ3v) is 6.34. The van der Waals surface area contributed by atoms with Crippen LogP contribution >= 0.6 is 0 Å². The van der Waals surface area contributed by atoms with Gasteiger partial charge in [0.25, 0.3) is 0 Å². The fraction of sp³-hybridized carbons (Fsp3) is 0.440. The summed E-state index contributed by atoms with van der Waals surface area (Å²) >= 11 is 0. The lowest BCUT2D eigenvalue weighted by Gasteiger charge is -2.19. The number of H-pyrrole nitrogens is 1. The number of rotatable bonds is 10. The predicted molar refractivity (Wildman–Crippen MR) is 128 cm³/mol. The fourth-order valence-electron chi connectivity index (χ4n) is 4.43. The van der Waals surface area contributed by atoms with E-state index in [2.05, 4.69) is 44.7 Å². The summed E-state index contributed by atoms with van der Waals surface area (Å²) in [6.45, 7) is 1.71. The number of carbonyl (C=O) groups is 2. The van der Waals surface area contributed by atoms with Crippen LogP contribution in [0, 0.1) is 5.92 Å². The van der Waals surface area contributed by atoms with Gasteiger partial charge in [0.05, 0.1) is 12.0 Å². The molecule has 1 saturated heterocycles. The molecule has 0 unspecified atom stereocenters. The summed E-state index contributed by atoms with van der Waals surface area (Å²) in [4.78, 5) is 30.8. The molecule has 0 bridgehead atoms. The van der Waals surface area contributed by atoms with Gasteiger partial charge in [-0.05, 0) is 49.7 Å². The molecule has 1 aliphatic rings. The van der Waals surface area contributed by atoms with Crippen LogP contribution in [-0.2, 0) is 9.59 Å². The zero-order chi connectivity index (χ0) is 23.2. The van der Waals surface area contributed by atoms with Crippen molar-refractivity contribution < 1.29 is 9.59 Å². The Morgan fingerprint density at radius 1 is 1.18 bits per heavy atom. The average Bonchev–Trinajstić information content (AvgIpc) is 3.47. The molecule has 4 rings (SSSR count). The summed E-state index contributed by atoms with van der Waals surface area (Å²) in [5.74, 6) is 1.05. The molecule has 33 heavy (non-hydrogen) atoms. The zero-order valence-electron chi connectivity index (χ0n) is 19.1. The Balaban J connectivity index is 1.48. The molecule has 4 N–H and O–H groups in total. The van der Waals surface area contributed by atoms with Gasteiger partial charge in [0.15, 0.2) is 5.82 Å². The highest BCUT2D eigenvalue weighted by Gasteiger charge is 2.29. The largest absolute Gasteiger partial charge is 0.370 e. The number of aromatic nitrogens is 3. The molecule has 174 valence electrons. The standard InChI is InChI=1S/C25H32N6O2/c1-31-14-13-20(16-31)25(33)27-21(9-3-2-4-10-22(26)32)24-28-23(29-30-24)19-12-11-17-7-5-6-8-18(17)15-19/h5-8,11-12,15,20-21H,2-4,9-10,13-14,16H2,1H3,(H2,26,32)(H,27,33)(H,28,29,30)/t20-,21-/m0/s1. The van der Waals surface area contributed by atoms with Crippen LogP contribution in [0.25, 0.3) is 22.2 Å². The van der Waals surface area contributed by atoms with E-state index in [1.165, 1.54) is 5.39 Å². The van der Waals surface area contributed by atoms with E-state index in [-0.39, 0.29) is 23.8 Å². The number of hydrogen-bond acceptors (Lipinski definition) is 5. The minimum Gasteiger partial charge on any atom is -0.370 e. The number of amides is 2. The number of benzene rings is 2. The maximum absolute atomic E-state index is 12.9. The van der Waals surface area contributed by atoms with Crippen LogP contribution in [0.2, 0.25) is 0 Å². The van der Waals surface area contributed by atoms with E-state index in [0.29, 0.717) is 18.1 Å². The Hall–Kier alpha value is -3.26. The average molecular weight is 449 g/mol. The Morgan fingerprint density at radius 3 is 2.76 bits per heavy atom. The van der Waals surface area contributed by atoms with E-state index >= 15 is 0 Å². The molecule has 2 amide bonds. The van der Waals surface area contributed by atoms with Crippen molar-refractivity contribution in [3.63, 3.8) is 0 Å². The first-order valence-corrected chi connectivity index (χ1v) is 11.7. The molecular weight excluding hydrogens is 416 g/mol. The number of nitrogens with zero attached hydrogens (tertiary/aromatic N) is 3. The molecule has 2 heterocycles. The van der Waals surface area contributed by atoms with Crippen molar-refractivity contribution in [3.8, 4) is 11.4 Å². The highest BCUT2D eigenvalue weighted by molar-refractivity contribution is 5.86. The molecule has 8 nitrogen and oxygen atoms in total. The van der Waals surface area contributed by atoms with Crippen molar-refractivity contribution in [2.45, 2.75) is 44.6 Å². The molecule has 0 aliphatic carbocycles. The Kier molecular flexibility index (Phi) is 7.34. The maximum atomic E-state index is 12.9. The molecule has 2 atom stereocenters. The molecule has 1 aromatic heterocycles. The van der Waals surface area contributed by atoms with E-state index in [1.807, 2.05) is 25.2 Å². The molecule has 0 saturated carbocycles. The molecule has 0 radical (unpaired) electrons. The summed E-state index contributed by atoms with van der Waals surface area (Å²) < 4.78 is 0. The maximum Gasteiger partial charge on any atom is 0.225 e. The molecule has 1 fully saturated rings. The Bertz CT molecular complexity index is 1110. The molecule has 0 spiro atoms. The molecule has 3 aromatic rings. The Morgan fingerprint density at radius 2 is 2.00 bits per heavy atom. The first kappa shape index (κ1) is 22.9. The van der Waals surface area contributed by atoms with Crippen LogP contribution < -0.4 is 11.1 Å². The first-order chi connectivity index (χ1) is 16.0. The van der Waals surface area contributed by atoms with Gasteiger partial charge in [-0.15, -0.1) is 0 Å². The zero-order valence-corrected chi connectivity index (χ0v) is 19.1. The van der Waals surface area contributed by atoms with Crippen molar-refractivity contribution >= 4 is 22.6 Å². The topological polar surface area (TPSA) is 117 Å². The van der Waals surface area contributed by atoms with Crippen molar-refractivity contribution in [3.05, 3.63) is 48.3 Å². The molecule has 8 heteroatoms. The summed E-state index contributed by atoms with van der Waals surface area (Å²) in [6.07, 6.45) is 4.45. The SMILES string of the molecule is CN1CC[C@H](C(=O)N[C@@H](CCCCCC(N)=O)c2nc(-c3ccc4ccccc4c3)n[nH]2)C1. The Labute approximate surface area is 193 Å². The van der Waals surface area contributed by atoms with Gasteiger partial charge in [0, 0.05) is 18.5 Å². The third-order valence-electron chi connectivity index (χ3n) is 6.34. The van der Waals surface area contributed by atoms with Crippen molar-refractivity contribution in [1.29, 1.82) is 0 Å². The summed E-state index contributed by atoms with van der Waals surface area (Å²) in [5, 5.41) is 13.0. The van der Waals surface area contributed by atoms with Gasteiger partial charge in [-0.3, -0.25) is 14.7 Å². The number of unbranched alkanes of at least 4 members (excludes halogenated alkanes) is 2. The van der Waals surface area contributed by atoms with Crippen molar-refractivity contribution in [2.75, 3.05) is 20.1 Å². The van der Waals surface area contributed by atoms with E-state index in [9.17, 15) is 9.59 Å². The van der Waals surface area contributed by atoms with Crippen molar-refractivity contribution in [2.24, 2.45) is 11.7 Å². The number of carbonyl (C=O) groups excluding carboxylic acids is 2. The van der Waals surface area contributed by atoms with E-state index in [0.717, 1.165) is 56.1 Å². The van der Waals surface area contributed by atoms with Crippen LogP contribution in [0.15, 0.2) is 42.5 Å². The van der Waals surface area contributed by atoms with Gasteiger partial charge >= 0.3 is 0 Å². The second-order valence-corrected chi connectivity index (χ2v) is 8.98. The lowest BCUT2D eigenvalue weighted by molar-refractivity contribution is -0.125. The predicted octanol–water partition coefficient (Wildman–Crippen LogP) is 3.17. The second-order valence-electron chi connectivity index (χ2n) is 8.98. The van der Waals surface area contributed by atoms with Gasteiger partial charge < -0.3 is 16.0 Å². The monoisotopic (exact) mass is 448 g/mol. The highest BCUT2D eigenvalue weighted by atomic mass is 16.2. The van der Waals surface area contributed by atoms with Crippen LogP contribution in [-0.4, -0.2) is 52.0 Å². The van der Waals surface area contributed by atoms with Crippen molar-refractivity contribution in [1.82, 2.24) is 25.4 Å². The van der Waals surface area contributed by atoms with Gasteiger partial charge in [-0.25, -0.2) is 4.98 Å². The number of fused-ring (bicyclic) bond motifs is 1. The second kappa shape index (κ2) is 10.6. The number of hydrogen-bond donors (Lipinski definition) is 3. The van der Waals surface area contributed by atoms with E-state index in [4.69, 9.17) is 10.7 Å². The van der Waals surface area contributed by atoms with Gasteiger partial charge in [0.1, 0.15) is 5.82 Å². The van der Waals surface area contributed by atoms with Crippen LogP contribution in [0.1, 0.15) is 50.4 Å². The number of aromatic amines is 1. The number of likely N-dealkylation sites (tertiary alicyclic amines) is 1. The number of primary amides is 1. The summed E-state index contributed by atoms with van der Waals surface area (Å²) in [5.41, 5.74) is 6.17.